The van der Waals surface area contributed by atoms with E-state index >= 15 is 0 Å². The van der Waals surface area contributed by atoms with Gasteiger partial charge in [0, 0.05) is 6.20 Å². The summed E-state index contributed by atoms with van der Waals surface area (Å²) in [6.07, 6.45) is -4.05. The Kier molecular flexibility index (Phi) is 3.75. The number of nitrogens with one attached hydrogen (secondary N) is 1. The maximum absolute atomic E-state index is 12.3. The molecule has 0 atom stereocenters. The first-order valence-corrected chi connectivity index (χ1v) is 6.43. The molecular weight excluding hydrogens is 271 g/mol. The number of hydrogen-bond donors (Lipinski definition) is 2. The number of sulfonamides is 1. The number of aromatic nitrogens is 1. The summed E-state index contributed by atoms with van der Waals surface area (Å²) in [7, 11) is -3.70. The number of hydrogen-bond acceptors (Lipinski definition) is 4. The van der Waals surface area contributed by atoms with Crippen LogP contribution in [-0.4, -0.2) is 18.7 Å². The fraction of sp³-hybridized carbons (Fsp3) is 0.444. The van der Waals surface area contributed by atoms with Crippen molar-refractivity contribution in [3.05, 3.63) is 17.8 Å². The first-order chi connectivity index (χ1) is 8.04. The van der Waals surface area contributed by atoms with E-state index < -0.39 is 27.0 Å². The third-order valence-corrected chi connectivity index (χ3v) is 3.82. The molecule has 0 unspecified atom stereocenters. The molecule has 18 heavy (non-hydrogen) atoms. The number of nitrogens with two attached hydrogens (primary N) is 1. The highest BCUT2D eigenvalue weighted by Gasteiger charge is 2.31. The van der Waals surface area contributed by atoms with Crippen LogP contribution in [-0.2, 0) is 16.2 Å². The summed E-state index contributed by atoms with van der Waals surface area (Å²) in [4.78, 5) is 3.38. The zero-order chi connectivity index (χ0) is 14.1. The second-order valence-corrected chi connectivity index (χ2v) is 6.09. The zero-order valence-electron chi connectivity index (χ0n) is 9.62. The Balaban J connectivity index is 3.09. The smallest absolute Gasteiger partial charge is 0.396 e. The van der Waals surface area contributed by atoms with Gasteiger partial charge < -0.3 is 5.73 Å². The van der Waals surface area contributed by atoms with E-state index in [0.29, 0.717) is 12.3 Å². The van der Waals surface area contributed by atoms with Gasteiger partial charge in [0.2, 0.25) is 10.0 Å². The molecule has 5 nitrogen and oxygen atoms in total. The van der Waals surface area contributed by atoms with Gasteiger partial charge in [0.05, 0.1) is 16.5 Å². The molecule has 0 spiro atoms. The van der Waals surface area contributed by atoms with Crippen molar-refractivity contribution >= 4 is 21.5 Å². The van der Waals surface area contributed by atoms with Crippen LogP contribution in [0.5, 0.6) is 0 Å². The Hall–Kier alpha value is -1.51. The van der Waals surface area contributed by atoms with Gasteiger partial charge >= 0.3 is 6.18 Å². The Morgan fingerprint density at radius 2 is 1.94 bits per heavy atom. The van der Waals surface area contributed by atoms with E-state index in [1.165, 1.54) is 13.8 Å². The number of pyridine rings is 1. The van der Waals surface area contributed by atoms with E-state index in [1.54, 1.807) is 0 Å². The summed E-state index contributed by atoms with van der Waals surface area (Å²) in [5.41, 5.74) is 3.92. The lowest BCUT2D eigenvalue weighted by Gasteiger charge is -2.13. The molecule has 9 heteroatoms. The van der Waals surface area contributed by atoms with E-state index in [4.69, 9.17) is 5.73 Å². The van der Waals surface area contributed by atoms with Gasteiger partial charge in [0.1, 0.15) is 0 Å². The lowest BCUT2D eigenvalue weighted by atomic mass is 10.2. The van der Waals surface area contributed by atoms with Gasteiger partial charge in [-0.15, -0.1) is 0 Å². The number of rotatable bonds is 3. The van der Waals surface area contributed by atoms with Gasteiger partial charge in [-0.05, 0) is 19.9 Å². The van der Waals surface area contributed by atoms with Gasteiger partial charge in [-0.2, -0.15) is 13.2 Å². The summed E-state index contributed by atoms with van der Waals surface area (Å²) in [5.74, 6) is -0.309. The second kappa shape index (κ2) is 4.63. The highest BCUT2D eigenvalue weighted by atomic mass is 32.2. The van der Waals surface area contributed by atoms with E-state index in [0.717, 1.165) is 0 Å². The molecule has 1 aromatic rings. The van der Waals surface area contributed by atoms with Crippen LogP contribution in [0.2, 0.25) is 0 Å². The molecule has 102 valence electrons. The summed E-state index contributed by atoms with van der Waals surface area (Å²) < 4.78 is 62.0. The average molecular weight is 283 g/mol. The van der Waals surface area contributed by atoms with Crippen LogP contribution in [0.1, 0.15) is 19.4 Å². The monoisotopic (exact) mass is 283 g/mol. The Morgan fingerprint density at radius 3 is 2.33 bits per heavy atom. The minimum atomic E-state index is -4.57. The molecule has 1 aromatic heterocycles. The quantitative estimate of drug-likeness (QED) is 0.886. The molecule has 0 aliphatic heterocycles. The van der Waals surface area contributed by atoms with Crippen molar-refractivity contribution in [2.24, 2.45) is 0 Å². The highest BCUT2D eigenvalue weighted by Crippen LogP contribution is 2.31. The van der Waals surface area contributed by atoms with Gasteiger partial charge in [-0.25, -0.2) is 13.4 Å². The number of alkyl halides is 3. The zero-order valence-corrected chi connectivity index (χ0v) is 10.4. The van der Waals surface area contributed by atoms with Crippen LogP contribution in [0.25, 0.3) is 0 Å². The van der Waals surface area contributed by atoms with E-state index in [2.05, 4.69) is 4.98 Å². The number of halogens is 3. The van der Waals surface area contributed by atoms with Gasteiger partial charge in [0.15, 0.2) is 5.82 Å². The molecule has 0 amide bonds. The standard InChI is InChI=1S/C9H12F3N3O2S/c1-5(2)18(16,17)15-8-7(13)3-6(4-14-8)9(10,11)12/h3-5H,13H2,1-2H3,(H,14,15). The molecule has 0 aliphatic carbocycles. The van der Waals surface area contributed by atoms with Crippen LogP contribution in [0.4, 0.5) is 24.7 Å². The van der Waals surface area contributed by atoms with Crippen molar-refractivity contribution < 1.29 is 21.6 Å². The maximum Gasteiger partial charge on any atom is 0.417 e. The summed E-state index contributed by atoms with van der Waals surface area (Å²) in [6, 6.07) is 0.630. The number of nitrogen functional groups attached to an aromatic ring is 1. The fourth-order valence-corrected chi connectivity index (χ4v) is 1.65. The van der Waals surface area contributed by atoms with Crippen LogP contribution >= 0.6 is 0 Å². The summed E-state index contributed by atoms with van der Waals surface area (Å²) in [6.45, 7) is 2.84. The summed E-state index contributed by atoms with van der Waals surface area (Å²) >= 11 is 0. The molecule has 0 aliphatic rings. The van der Waals surface area contributed by atoms with Gasteiger partial charge in [-0.1, -0.05) is 0 Å². The highest BCUT2D eigenvalue weighted by molar-refractivity contribution is 7.93. The molecule has 0 radical (unpaired) electrons. The normalized spacial score (nSPS) is 12.8. The minimum absolute atomic E-state index is 0.309. The Bertz CT molecular complexity index is 540. The van der Waals surface area contributed by atoms with Crippen LogP contribution in [0.3, 0.4) is 0 Å². The predicted molar refractivity (Wildman–Crippen MR) is 61.3 cm³/mol. The number of nitrogens with zero attached hydrogens (tertiary/aromatic N) is 1. The Labute approximate surface area is 102 Å². The molecule has 0 saturated carbocycles. The Morgan fingerprint density at radius 1 is 1.39 bits per heavy atom. The molecular formula is C9H12F3N3O2S. The maximum atomic E-state index is 12.3. The third kappa shape index (κ3) is 3.25. The second-order valence-electron chi connectivity index (χ2n) is 3.86. The van der Waals surface area contributed by atoms with Gasteiger partial charge in [-0.3, -0.25) is 4.72 Å². The molecule has 0 aromatic carbocycles. The summed E-state index contributed by atoms with van der Waals surface area (Å²) in [5, 5.41) is -0.749. The van der Waals surface area contributed by atoms with Crippen molar-refractivity contribution in [3.8, 4) is 0 Å². The van der Waals surface area contributed by atoms with Crippen LogP contribution in [0.15, 0.2) is 12.3 Å². The number of anilines is 2. The van der Waals surface area contributed by atoms with Crippen LogP contribution < -0.4 is 10.5 Å². The van der Waals surface area contributed by atoms with E-state index in [1.807, 2.05) is 4.72 Å². The molecule has 0 saturated heterocycles. The molecule has 3 N–H and O–H groups in total. The minimum Gasteiger partial charge on any atom is -0.396 e. The third-order valence-electron chi connectivity index (χ3n) is 2.10. The van der Waals surface area contributed by atoms with Crippen LogP contribution in [0, 0.1) is 0 Å². The van der Waals surface area contributed by atoms with Crippen molar-refractivity contribution in [2.45, 2.75) is 25.3 Å². The van der Waals surface area contributed by atoms with E-state index in [9.17, 15) is 21.6 Å². The fourth-order valence-electron chi connectivity index (χ4n) is 0.975. The van der Waals surface area contributed by atoms with Crippen molar-refractivity contribution in [1.29, 1.82) is 0 Å². The van der Waals surface area contributed by atoms with Crippen molar-refractivity contribution in [2.75, 3.05) is 10.5 Å². The largest absolute Gasteiger partial charge is 0.417 e. The van der Waals surface area contributed by atoms with Crippen molar-refractivity contribution in [3.63, 3.8) is 0 Å². The first kappa shape index (κ1) is 14.6. The topological polar surface area (TPSA) is 85.1 Å². The molecule has 1 rings (SSSR count). The van der Waals surface area contributed by atoms with Gasteiger partial charge in [0.25, 0.3) is 0 Å². The SMILES string of the molecule is CC(C)S(=O)(=O)Nc1ncc(C(F)(F)F)cc1N. The lowest BCUT2D eigenvalue weighted by molar-refractivity contribution is -0.137. The molecule has 0 bridgehead atoms. The van der Waals surface area contributed by atoms with Crippen molar-refractivity contribution in [1.82, 2.24) is 4.98 Å². The lowest BCUT2D eigenvalue weighted by Crippen LogP contribution is -2.24. The predicted octanol–water partition coefficient (Wildman–Crippen LogP) is 1.83. The molecule has 0 fully saturated rings. The van der Waals surface area contributed by atoms with E-state index in [-0.39, 0.29) is 11.5 Å². The first-order valence-electron chi connectivity index (χ1n) is 4.88. The average Bonchev–Trinajstić information content (AvgIpc) is 2.19. The molecule has 1 heterocycles.